The first-order valence-corrected chi connectivity index (χ1v) is 6.56. The first-order valence-electron chi connectivity index (χ1n) is 5.74. The van der Waals surface area contributed by atoms with Crippen molar-refractivity contribution in [2.45, 2.75) is 6.92 Å². The van der Waals surface area contributed by atoms with Gasteiger partial charge in [-0.1, -0.05) is 18.2 Å². The number of carbonyl (C=O) groups excluding carboxylic acids is 1. The number of carbonyl (C=O) groups is 2. The molecule has 0 spiro atoms. The van der Waals surface area contributed by atoms with Crippen LogP contribution in [0.4, 0.5) is 5.82 Å². The van der Waals surface area contributed by atoms with E-state index in [0.717, 1.165) is 11.3 Å². The summed E-state index contributed by atoms with van der Waals surface area (Å²) in [5.74, 6) is -0.656. The van der Waals surface area contributed by atoms with Crippen molar-refractivity contribution in [1.82, 2.24) is 4.98 Å². The first-order chi connectivity index (χ1) is 9.56. The minimum Gasteiger partial charge on any atom is -0.484 e. The van der Waals surface area contributed by atoms with Gasteiger partial charge in [-0.15, -0.1) is 11.3 Å². The maximum Gasteiger partial charge on any atom is 0.365 e. The second-order valence-electron chi connectivity index (χ2n) is 3.88. The van der Waals surface area contributed by atoms with Crippen LogP contribution in [0.3, 0.4) is 0 Å². The topological polar surface area (TPSA) is 88.5 Å². The highest BCUT2D eigenvalue weighted by molar-refractivity contribution is 7.13. The molecule has 0 aliphatic carbocycles. The molecular formula is C13H12N2O4S. The number of hydrogen-bond donors (Lipinski definition) is 2. The molecule has 1 amide bonds. The molecule has 6 nitrogen and oxygen atoms in total. The van der Waals surface area contributed by atoms with Gasteiger partial charge >= 0.3 is 5.97 Å². The number of rotatable bonds is 5. The number of aromatic nitrogens is 1. The van der Waals surface area contributed by atoms with E-state index in [1.165, 1.54) is 0 Å². The smallest absolute Gasteiger partial charge is 0.365 e. The van der Waals surface area contributed by atoms with E-state index in [0.29, 0.717) is 10.6 Å². The Morgan fingerprint density at radius 1 is 1.35 bits per heavy atom. The number of thiazole rings is 1. The second-order valence-corrected chi connectivity index (χ2v) is 5.08. The Morgan fingerprint density at radius 3 is 2.65 bits per heavy atom. The zero-order valence-corrected chi connectivity index (χ0v) is 11.4. The molecule has 0 saturated carbocycles. The Labute approximate surface area is 119 Å². The molecule has 0 radical (unpaired) electrons. The number of carboxylic acid groups (broad SMARTS) is 1. The molecule has 0 bridgehead atoms. The van der Waals surface area contributed by atoms with Crippen LogP contribution in [-0.2, 0) is 4.79 Å². The van der Waals surface area contributed by atoms with Crippen LogP contribution < -0.4 is 10.1 Å². The van der Waals surface area contributed by atoms with Gasteiger partial charge in [0, 0.05) is 4.88 Å². The Kier molecular flexibility index (Phi) is 4.31. The highest BCUT2D eigenvalue weighted by Gasteiger charge is 2.15. The summed E-state index contributed by atoms with van der Waals surface area (Å²) in [5, 5.41) is 11.3. The number of aromatic carboxylic acids is 1. The summed E-state index contributed by atoms with van der Waals surface area (Å²) in [6.45, 7) is 1.53. The van der Waals surface area contributed by atoms with Gasteiger partial charge in [-0.3, -0.25) is 4.79 Å². The van der Waals surface area contributed by atoms with Crippen molar-refractivity contribution in [3.63, 3.8) is 0 Å². The number of hydrogen-bond acceptors (Lipinski definition) is 5. The zero-order valence-electron chi connectivity index (χ0n) is 10.6. The maximum absolute atomic E-state index is 11.7. The Bertz CT molecular complexity index is 625. The van der Waals surface area contributed by atoms with Gasteiger partial charge in [0.15, 0.2) is 6.61 Å². The van der Waals surface area contributed by atoms with Gasteiger partial charge in [0.2, 0.25) is 5.01 Å². The van der Waals surface area contributed by atoms with E-state index in [1.54, 1.807) is 31.2 Å². The Balaban J connectivity index is 1.93. The van der Waals surface area contributed by atoms with Gasteiger partial charge in [-0.05, 0) is 19.1 Å². The third-order valence-electron chi connectivity index (χ3n) is 2.35. The summed E-state index contributed by atoms with van der Waals surface area (Å²) >= 11 is 1.01. The number of para-hydroxylation sites is 1. The van der Waals surface area contributed by atoms with Crippen LogP contribution in [-0.4, -0.2) is 28.6 Å². The SMILES string of the molecule is Cc1sc(C(=O)O)nc1NC(=O)COc1ccccc1. The van der Waals surface area contributed by atoms with Crippen LogP contribution in [0, 0.1) is 6.92 Å². The van der Waals surface area contributed by atoms with E-state index in [9.17, 15) is 9.59 Å². The normalized spacial score (nSPS) is 10.1. The average molecular weight is 292 g/mol. The zero-order chi connectivity index (χ0) is 14.5. The largest absolute Gasteiger partial charge is 0.484 e. The number of aryl methyl sites for hydroxylation is 1. The summed E-state index contributed by atoms with van der Waals surface area (Å²) in [4.78, 5) is 26.9. The standard InChI is InChI=1S/C13H12N2O4S/c1-8-11(15-12(20-8)13(17)18)14-10(16)7-19-9-5-3-2-4-6-9/h2-6H,7H2,1H3,(H,14,16)(H,17,18). The first kappa shape index (κ1) is 14.0. The van der Waals surface area contributed by atoms with E-state index < -0.39 is 5.97 Å². The van der Waals surface area contributed by atoms with Crippen molar-refractivity contribution in [2.24, 2.45) is 0 Å². The van der Waals surface area contributed by atoms with Crippen molar-refractivity contribution in [3.05, 3.63) is 40.2 Å². The van der Waals surface area contributed by atoms with Gasteiger partial charge in [0.25, 0.3) is 5.91 Å². The number of carboxylic acids is 1. The molecule has 0 saturated heterocycles. The van der Waals surface area contributed by atoms with Crippen molar-refractivity contribution >= 4 is 29.0 Å². The molecule has 0 aliphatic rings. The van der Waals surface area contributed by atoms with Gasteiger partial charge in [0.05, 0.1) is 0 Å². The summed E-state index contributed by atoms with van der Waals surface area (Å²) < 4.78 is 5.28. The van der Waals surface area contributed by atoms with Crippen LogP contribution >= 0.6 is 11.3 Å². The lowest BCUT2D eigenvalue weighted by molar-refractivity contribution is -0.118. The molecule has 0 fully saturated rings. The molecule has 2 aromatic rings. The lowest BCUT2D eigenvalue weighted by Crippen LogP contribution is -2.20. The number of benzene rings is 1. The molecule has 20 heavy (non-hydrogen) atoms. The highest BCUT2D eigenvalue weighted by Crippen LogP contribution is 2.21. The number of ether oxygens (including phenoxy) is 1. The van der Waals surface area contributed by atoms with Crippen molar-refractivity contribution in [3.8, 4) is 5.75 Å². The van der Waals surface area contributed by atoms with E-state index in [-0.39, 0.29) is 23.3 Å². The summed E-state index contributed by atoms with van der Waals surface area (Å²) in [6, 6.07) is 8.93. The van der Waals surface area contributed by atoms with Gasteiger partial charge in [-0.25, -0.2) is 9.78 Å². The molecule has 7 heteroatoms. The lowest BCUT2D eigenvalue weighted by Gasteiger charge is -2.06. The predicted molar refractivity (Wildman–Crippen MR) is 74.4 cm³/mol. The molecule has 0 unspecified atom stereocenters. The van der Waals surface area contributed by atoms with Gasteiger partial charge in [-0.2, -0.15) is 0 Å². The molecule has 1 heterocycles. The molecule has 2 N–H and O–H groups in total. The van der Waals surface area contributed by atoms with E-state index in [4.69, 9.17) is 9.84 Å². The summed E-state index contributed by atoms with van der Waals surface area (Å²) in [5.41, 5.74) is 0. The van der Waals surface area contributed by atoms with E-state index >= 15 is 0 Å². The highest BCUT2D eigenvalue weighted by atomic mass is 32.1. The monoisotopic (exact) mass is 292 g/mol. The van der Waals surface area contributed by atoms with Gasteiger partial charge in [0.1, 0.15) is 11.6 Å². The fraction of sp³-hybridized carbons (Fsp3) is 0.154. The van der Waals surface area contributed by atoms with Crippen molar-refractivity contribution < 1.29 is 19.4 Å². The van der Waals surface area contributed by atoms with Crippen LogP contribution in [0.1, 0.15) is 14.7 Å². The number of anilines is 1. The van der Waals surface area contributed by atoms with E-state index in [1.807, 2.05) is 6.07 Å². The number of amides is 1. The predicted octanol–water partition coefficient (Wildman–Crippen LogP) is 2.17. The minimum atomic E-state index is -1.11. The third kappa shape index (κ3) is 3.55. The fourth-order valence-corrected chi connectivity index (χ4v) is 2.15. The molecule has 1 aromatic heterocycles. The molecule has 0 aliphatic heterocycles. The molecule has 2 rings (SSSR count). The molecule has 104 valence electrons. The summed E-state index contributed by atoms with van der Waals surface area (Å²) in [6.07, 6.45) is 0. The van der Waals surface area contributed by atoms with Crippen molar-refractivity contribution in [1.29, 1.82) is 0 Å². The third-order valence-corrected chi connectivity index (χ3v) is 3.31. The second kappa shape index (κ2) is 6.16. The van der Waals surface area contributed by atoms with Crippen LogP contribution in [0.25, 0.3) is 0 Å². The lowest BCUT2D eigenvalue weighted by atomic mass is 10.3. The van der Waals surface area contributed by atoms with Crippen LogP contribution in [0.2, 0.25) is 0 Å². The molecule has 0 atom stereocenters. The Hall–Kier alpha value is -2.41. The van der Waals surface area contributed by atoms with E-state index in [2.05, 4.69) is 10.3 Å². The number of nitrogens with zero attached hydrogens (tertiary/aromatic N) is 1. The van der Waals surface area contributed by atoms with Crippen LogP contribution in [0.5, 0.6) is 5.75 Å². The minimum absolute atomic E-state index is 0.0539. The number of nitrogens with one attached hydrogen (secondary N) is 1. The average Bonchev–Trinajstić information content (AvgIpc) is 2.79. The fourth-order valence-electron chi connectivity index (χ4n) is 1.44. The molecular weight excluding hydrogens is 280 g/mol. The van der Waals surface area contributed by atoms with Crippen molar-refractivity contribution in [2.75, 3.05) is 11.9 Å². The quantitative estimate of drug-likeness (QED) is 0.881. The maximum atomic E-state index is 11.7. The Morgan fingerprint density at radius 2 is 2.05 bits per heavy atom. The summed E-state index contributed by atoms with van der Waals surface area (Å²) in [7, 11) is 0. The molecule has 1 aromatic carbocycles. The van der Waals surface area contributed by atoms with Crippen LogP contribution in [0.15, 0.2) is 30.3 Å². The van der Waals surface area contributed by atoms with Gasteiger partial charge < -0.3 is 15.2 Å².